The van der Waals surface area contributed by atoms with Gasteiger partial charge in [0.2, 0.25) is 0 Å². The lowest BCUT2D eigenvalue weighted by Gasteiger charge is -2.23. The quantitative estimate of drug-likeness (QED) is 0.554. The fourth-order valence-electron chi connectivity index (χ4n) is 1.71. The van der Waals surface area contributed by atoms with Crippen LogP contribution in [-0.2, 0) is 13.1 Å². The van der Waals surface area contributed by atoms with Gasteiger partial charge < -0.3 is 5.73 Å². The second-order valence-corrected chi connectivity index (χ2v) is 4.39. The van der Waals surface area contributed by atoms with Crippen molar-refractivity contribution in [2.75, 3.05) is 13.1 Å². The van der Waals surface area contributed by atoms with E-state index in [9.17, 15) is 0 Å². The highest BCUT2D eigenvalue weighted by molar-refractivity contribution is 5.79. The molecule has 1 unspecified atom stereocenters. The van der Waals surface area contributed by atoms with Crippen LogP contribution in [0.2, 0.25) is 0 Å². The molecule has 3 N–H and O–H groups in total. The summed E-state index contributed by atoms with van der Waals surface area (Å²) in [6, 6.07) is 0. The van der Waals surface area contributed by atoms with Gasteiger partial charge >= 0.3 is 0 Å². The Morgan fingerprint density at radius 1 is 1.59 bits per heavy atom. The van der Waals surface area contributed by atoms with Crippen LogP contribution in [0.4, 0.5) is 0 Å². The molecule has 0 radical (unpaired) electrons. The van der Waals surface area contributed by atoms with E-state index in [1.165, 1.54) is 5.56 Å². The third-order valence-corrected chi connectivity index (χ3v) is 2.93. The summed E-state index contributed by atoms with van der Waals surface area (Å²) >= 11 is 0. The molecule has 5 heteroatoms. The Bertz CT molecular complexity index is 358. The molecule has 1 aromatic heterocycles. The van der Waals surface area contributed by atoms with Crippen LogP contribution in [0, 0.1) is 11.3 Å². The minimum Gasteiger partial charge on any atom is -0.387 e. The molecule has 5 nitrogen and oxygen atoms in total. The van der Waals surface area contributed by atoms with Crippen LogP contribution in [-0.4, -0.2) is 33.6 Å². The van der Waals surface area contributed by atoms with Crippen molar-refractivity contribution in [2.24, 2.45) is 11.7 Å². The zero-order chi connectivity index (χ0) is 12.8. The normalized spacial score (nSPS) is 12.9. The van der Waals surface area contributed by atoms with Crippen molar-refractivity contribution in [3.63, 3.8) is 0 Å². The van der Waals surface area contributed by atoms with E-state index in [1.807, 2.05) is 17.8 Å². The molecule has 1 aromatic rings. The third kappa shape index (κ3) is 4.19. The maximum Gasteiger partial charge on any atom is 0.0947 e. The van der Waals surface area contributed by atoms with Gasteiger partial charge in [0.1, 0.15) is 0 Å². The summed E-state index contributed by atoms with van der Waals surface area (Å²) < 4.78 is 1.93. The predicted molar refractivity (Wildman–Crippen MR) is 69.9 cm³/mol. The van der Waals surface area contributed by atoms with Crippen LogP contribution in [0.15, 0.2) is 12.4 Å². The first kappa shape index (κ1) is 13.7. The van der Waals surface area contributed by atoms with E-state index in [0.29, 0.717) is 0 Å². The summed E-state index contributed by atoms with van der Waals surface area (Å²) in [5.41, 5.74) is 6.71. The highest BCUT2D eigenvalue weighted by Gasteiger charge is 2.12. The van der Waals surface area contributed by atoms with Gasteiger partial charge in [0.05, 0.1) is 12.0 Å². The number of aromatic nitrogens is 2. The Morgan fingerprint density at radius 3 is 2.76 bits per heavy atom. The molecule has 0 fully saturated rings. The lowest BCUT2D eigenvalue weighted by atomic mass is 10.1. The molecule has 0 saturated carbocycles. The first-order valence-electron chi connectivity index (χ1n) is 6.14. The van der Waals surface area contributed by atoms with Gasteiger partial charge in [-0.3, -0.25) is 15.0 Å². The zero-order valence-electron chi connectivity index (χ0n) is 11.0. The van der Waals surface area contributed by atoms with E-state index in [0.717, 1.165) is 26.2 Å². The SMILES string of the molecule is CCN(Cc1cnn(CC)c1)CC(C)C(=N)N. The number of nitrogens with zero attached hydrogens (tertiary/aromatic N) is 3. The number of nitrogens with one attached hydrogen (secondary N) is 1. The number of rotatable bonds is 7. The van der Waals surface area contributed by atoms with E-state index in [4.69, 9.17) is 11.1 Å². The van der Waals surface area contributed by atoms with Crippen molar-refractivity contribution in [1.29, 1.82) is 5.41 Å². The average Bonchev–Trinajstić information content (AvgIpc) is 2.75. The van der Waals surface area contributed by atoms with E-state index in [2.05, 4.69) is 30.0 Å². The molecule has 0 bridgehead atoms. The molecule has 17 heavy (non-hydrogen) atoms. The van der Waals surface area contributed by atoms with Gasteiger partial charge in [-0.25, -0.2) is 0 Å². The van der Waals surface area contributed by atoms with Gasteiger partial charge in [-0.1, -0.05) is 13.8 Å². The Balaban J connectivity index is 2.54. The number of aryl methyl sites for hydroxylation is 1. The zero-order valence-corrected chi connectivity index (χ0v) is 11.0. The predicted octanol–water partition coefficient (Wildman–Crippen LogP) is 1.30. The van der Waals surface area contributed by atoms with Crippen LogP contribution in [0.5, 0.6) is 0 Å². The van der Waals surface area contributed by atoms with Gasteiger partial charge in [0.15, 0.2) is 0 Å². The Kier molecular flexibility index (Phi) is 5.15. The molecule has 0 aliphatic carbocycles. The largest absolute Gasteiger partial charge is 0.387 e. The van der Waals surface area contributed by atoms with E-state index >= 15 is 0 Å². The van der Waals surface area contributed by atoms with Crippen LogP contribution >= 0.6 is 0 Å². The van der Waals surface area contributed by atoms with E-state index < -0.39 is 0 Å². The highest BCUT2D eigenvalue weighted by atomic mass is 15.3. The smallest absolute Gasteiger partial charge is 0.0947 e. The number of nitrogens with two attached hydrogens (primary N) is 1. The van der Waals surface area contributed by atoms with Gasteiger partial charge in [0.25, 0.3) is 0 Å². The molecule has 0 aliphatic heterocycles. The lowest BCUT2D eigenvalue weighted by molar-refractivity contribution is 0.263. The molecule has 0 aliphatic rings. The van der Waals surface area contributed by atoms with Crippen LogP contribution in [0.1, 0.15) is 26.3 Å². The van der Waals surface area contributed by atoms with Gasteiger partial charge in [-0.2, -0.15) is 5.10 Å². The highest BCUT2D eigenvalue weighted by Crippen LogP contribution is 2.06. The van der Waals surface area contributed by atoms with Gasteiger partial charge in [0, 0.05) is 37.3 Å². The van der Waals surface area contributed by atoms with Crippen LogP contribution in [0.25, 0.3) is 0 Å². The van der Waals surface area contributed by atoms with Crippen molar-refractivity contribution >= 4 is 5.84 Å². The molecule has 96 valence electrons. The molecular weight excluding hydrogens is 214 g/mol. The van der Waals surface area contributed by atoms with Crippen LogP contribution < -0.4 is 5.73 Å². The topological polar surface area (TPSA) is 70.9 Å². The summed E-state index contributed by atoms with van der Waals surface area (Å²) in [6.45, 7) is 9.73. The molecule has 1 atom stereocenters. The van der Waals surface area contributed by atoms with Gasteiger partial charge in [-0.05, 0) is 13.5 Å². The number of hydrogen-bond donors (Lipinski definition) is 2. The van der Waals surface area contributed by atoms with Crippen molar-refractivity contribution in [3.05, 3.63) is 18.0 Å². The Morgan fingerprint density at radius 2 is 2.29 bits per heavy atom. The second-order valence-electron chi connectivity index (χ2n) is 4.39. The average molecular weight is 237 g/mol. The van der Waals surface area contributed by atoms with Crippen molar-refractivity contribution < 1.29 is 0 Å². The van der Waals surface area contributed by atoms with Crippen LogP contribution in [0.3, 0.4) is 0 Å². The minimum atomic E-state index is 0.108. The standard InChI is InChI=1S/C12H23N5/c1-4-16(7-10(3)12(13)14)8-11-6-15-17(5-2)9-11/h6,9-10H,4-5,7-8H2,1-3H3,(H3,13,14). The second kappa shape index (κ2) is 6.39. The number of amidine groups is 1. The van der Waals surface area contributed by atoms with Crippen molar-refractivity contribution in [3.8, 4) is 0 Å². The summed E-state index contributed by atoms with van der Waals surface area (Å²) in [6.07, 6.45) is 3.98. The summed E-state index contributed by atoms with van der Waals surface area (Å²) in [5.74, 6) is 0.365. The molecule has 0 aromatic carbocycles. The summed E-state index contributed by atoms with van der Waals surface area (Å²) in [7, 11) is 0. The molecule has 0 spiro atoms. The summed E-state index contributed by atoms with van der Waals surface area (Å²) in [5, 5.41) is 11.7. The molecular formula is C12H23N5. The first-order chi connectivity index (χ1) is 8.06. The maximum absolute atomic E-state index is 7.42. The third-order valence-electron chi connectivity index (χ3n) is 2.93. The fraction of sp³-hybridized carbons (Fsp3) is 0.667. The van der Waals surface area contributed by atoms with E-state index in [-0.39, 0.29) is 11.8 Å². The summed E-state index contributed by atoms with van der Waals surface area (Å²) in [4.78, 5) is 2.28. The molecule has 0 amide bonds. The first-order valence-corrected chi connectivity index (χ1v) is 6.14. The molecule has 0 saturated heterocycles. The van der Waals surface area contributed by atoms with Gasteiger partial charge in [-0.15, -0.1) is 0 Å². The van der Waals surface area contributed by atoms with Crippen molar-refractivity contribution in [1.82, 2.24) is 14.7 Å². The minimum absolute atomic E-state index is 0.108. The fourth-order valence-corrected chi connectivity index (χ4v) is 1.71. The van der Waals surface area contributed by atoms with Crippen molar-refractivity contribution in [2.45, 2.75) is 33.9 Å². The molecule has 1 rings (SSSR count). The monoisotopic (exact) mass is 237 g/mol. The maximum atomic E-state index is 7.42. The Hall–Kier alpha value is -1.36. The lowest BCUT2D eigenvalue weighted by Crippen LogP contribution is -2.34. The van der Waals surface area contributed by atoms with E-state index in [1.54, 1.807) is 0 Å². The number of hydrogen-bond acceptors (Lipinski definition) is 3. The Labute approximate surface area is 103 Å². The molecule has 1 heterocycles.